The van der Waals surface area contributed by atoms with Gasteiger partial charge in [0.25, 0.3) is 5.91 Å². The fourth-order valence-corrected chi connectivity index (χ4v) is 4.35. The summed E-state index contributed by atoms with van der Waals surface area (Å²) in [6.45, 7) is 4.07. The van der Waals surface area contributed by atoms with Gasteiger partial charge in [-0.15, -0.1) is 0 Å². The number of rotatable bonds is 8. The summed E-state index contributed by atoms with van der Waals surface area (Å²) >= 11 is 6.40. The molecule has 194 valence electrons. The second-order valence-electron chi connectivity index (χ2n) is 9.22. The van der Waals surface area contributed by atoms with Crippen molar-refractivity contribution in [1.82, 2.24) is 20.3 Å². The van der Waals surface area contributed by atoms with E-state index in [1.165, 1.54) is 18.3 Å². The first-order valence-corrected chi connectivity index (χ1v) is 12.5. The molecule has 0 saturated heterocycles. The Bertz CT molecular complexity index is 1610. The number of carbonyl (C=O) groups excluding carboxylic acids is 1. The van der Waals surface area contributed by atoms with Gasteiger partial charge in [0.05, 0.1) is 29.2 Å². The van der Waals surface area contributed by atoms with Gasteiger partial charge >= 0.3 is 0 Å². The van der Waals surface area contributed by atoms with E-state index in [1.54, 1.807) is 18.5 Å². The molecule has 3 heterocycles. The fraction of sp³-hybridized carbons (Fsp3) is 0.179. The molecular weight excluding hydrogens is 507 g/mol. The summed E-state index contributed by atoms with van der Waals surface area (Å²) in [6, 6.07) is 13.3. The lowest BCUT2D eigenvalue weighted by Crippen LogP contribution is -2.33. The van der Waals surface area contributed by atoms with Crippen LogP contribution >= 0.6 is 11.6 Å². The molecule has 0 bridgehead atoms. The number of anilines is 2. The number of benzene rings is 2. The van der Waals surface area contributed by atoms with Gasteiger partial charge in [-0.05, 0) is 59.5 Å². The van der Waals surface area contributed by atoms with E-state index in [4.69, 9.17) is 21.8 Å². The van der Waals surface area contributed by atoms with Gasteiger partial charge in [-0.3, -0.25) is 4.79 Å². The number of fused-ring (bicyclic) bond motifs is 1. The maximum atomic E-state index is 14.2. The summed E-state index contributed by atoms with van der Waals surface area (Å²) in [4.78, 5) is 24.8. The van der Waals surface area contributed by atoms with Crippen molar-refractivity contribution >= 4 is 40.1 Å². The Hall–Kier alpha value is -4.21. The average molecular weight is 533 g/mol. The lowest BCUT2D eigenvalue weighted by molar-refractivity contribution is 0.0933. The largest absolute Gasteiger partial charge is 0.464 e. The van der Waals surface area contributed by atoms with Crippen LogP contribution in [0.1, 0.15) is 47.4 Å². The van der Waals surface area contributed by atoms with E-state index in [9.17, 15) is 9.18 Å². The minimum atomic E-state index is -0.562. The van der Waals surface area contributed by atoms with Gasteiger partial charge < -0.3 is 25.8 Å². The van der Waals surface area contributed by atoms with Crippen molar-refractivity contribution in [2.75, 3.05) is 11.9 Å². The van der Waals surface area contributed by atoms with E-state index in [-0.39, 0.29) is 29.9 Å². The zero-order valence-electron chi connectivity index (χ0n) is 20.8. The molecule has 0 saturated carbocycles. The van der Waals surface area contributed by atoms with Gasteiger partial charge in [-0.1, -0.05) is 31.5 Å². The smallest absolute Gasteiger partial charge is 0.268 e. The molecule has 38 heavy (non-hydrogen) atoms. The predicted molar refractivity (Wildman–Crippen MR) is 146 cm³/mol. The number of aromatic amines is 1. The van der Waals surface area contributed by atoms with E-state index >= 15 is 0 Å². The molecule has 0 fully saturated rings. The maximum absolute atomic E-state index is 14.2. The van der Waals surface area contributed by atoms with E-state index < -0.39 is 6.04 Å². The minimum Gasteiger partial charge on any atom is -0.464 e. The highest BCUT2D eigenvalue weighted by Gasteiger charge is 2.19. The number of amides is 1. The number of nitrogens with one attached hydrogen (secondary N) is 3. The highest BCUT2D eigenvalue weighted by Crippen LogP contribution is 2.29. The molecule has 10 heteroatoms. The molecule has 1 amide bonds. The Kier molecular flexibility index (Phi) is 7.13. The van der Waals surface area contributed by atoms with Crippen molar-refractivity contribution in [3.8, 4) is 11.3 Å². The summed E-state index contributed by atoms with van der Waals surface area (Å²) in [5.41, 5.74) is 10.3. The molecule has 5 rings (SSSR count). The Morgan fingerprint density at radius 3 is 2.76 bits per heavy atom. The first-order chi connectivity index (χ1) is 18.3. The second-order valence-corrected chi connectivity index (χ2v) is 9.63. The summed E-state index contributed by atoms with van der Waals surface area (Å²) in [5.74, 6) is -0.280. The van der Waals surface area contributed by atoms with E-state index in [2.05, 4.69) is 25.6 Å². The normalized spacial score (nSPS) is 12.2. The third-order valence-electron chi connectivity index (χ3n) is 6.21. The average Bonchev–Trinajstić information content (AvgIpc) is 3.57. The Morgan fingerprint density at radius 2 is 1.97 bits per heavy atom. The van der Waals surface area contributed by atoms with Gasteiger partial charge in [-0.25, -0.2) is 14.4 Å². The van der Waals surface area contributed by atoms with Crippen LogP contribution in [0.5, 0.6) is 0 Å². The second kappa shape index (κ2) is 10.6. The summed E-state index contributed by atoms with van der Waals surface area (Å²) in [7, 11) is 0. The SMILES string of the molecule is CC(C)c1cc(F)cc(C(CN)NC(=O)c2cc(-c3nc(Nc4ccc5occc5c4)ncc3Cl)c[nH]2)c1. The van der Waals surface area contributed by atoms with Gasteiger partial charge in [0.15, 0.2) is 0 Å². The predicted octanol–water partition coefficient (Wildman–Crippen LogP) is 6.31. The van der Waals surface area contributed by atoms with Gasteiger partial charge in [0.1, 0.15) is 17.1 Å². The summed E-state index contributed by atoms with van der Waals surface area (Å²) in [6.07, 6.45) is 4.76. The van der Waals surface area contributed by atoms with Crippen molar-refractivity contribution in [3.05, 3.63) is 94.8 Å². The van der Waals surface area contributed by atoms with Crippen LogP contribution in [0, 0.1) is 5.82 Å². The monoisotopic (exact) mass is 532 g/mol. The molecule has 0 spiro atoms. The molecule has 1 atom stereocenters. The van der Waals surface area contributed by atoms with Crippen molar-refractivity contribution in [1.29, 1.82) is 0 Å². The third kappa shape index (κ3) is 5.39. The van der Waals surface area contributed by atoms with E-state index in [0.717, 1.165) is 22.2 Å². The maximum Gasteiger partial charge on any atom is 0.268 e. The number of nitrogens with zero attached hydrogens (tertiary/aromatic N) is 2. The standard InChI is InChI=1S/C28H26ClFN6O2/c1-15(2)17-7-18(9-20(30)8-17)24(12-31)35-27(37)23-11-19(13-32-23)26-22(29)14-33-28(36-26)34-21-3-4-25-16(10-21)5-6-38-25/h3-11,13-15,24,32H,12,31H2,1-2H3,(H,35,37)(H,33,34,36). The topological polar surface area (TPSA) is 122 Å². The number of nitrogens with two attached hydrogens (primary N) is 1. The number of halogens is 2. The molecule has 0 aliphatic heterocycles. The number of aromatic nitrogens is 3. The number of hydrogen-bond acceptors (Lipinski definition) is 6. The van der Waals surface area contributed by atoms with Crippen molar-refractivity contribution in [2.45, 2.75) is 25.8 Å². The van der Waals surface area contributed by atoms with Gasteiger partial charge in [0, 0.05) is 29.4 Å². The van der Waals surface area contributed by atoms with Crippen LogP contribution in [0.4, 0.5) is 16.0 Å². The molecule has 1 unspecified atom stereocenters. The van der Waals surface area contributed by atoms with Gasteiger partial charge in [-0.2, -0.15) is 0 Å². The van der Waals surface area contributed by atoms with Crippen LogP contribution in [-0.4, -0.2) is 27.4 Å². The molecule has 0 radical (unpaired) electrons. The Morgan fingerprint density at radius 1 is 1.16 bits per heavy atom. The number of H-pyrrole nitrogens is 1. The van der Waals surface area contributed by atoms with Crippen LogP contribution in [-0.2, 0) is 0 Å². The van der Waals surface area contributed by atoms with Crippen molar-refractivity contribution < 1.29 is 13.6 Å². The summed E-state index contributed by atoms with van der Waals surface area (Å²) < 4.78 is 19.6. The molecule has 8 nitrogen and oxygen atoms in total. The Labute approximate surface area is 223 Å². The van der Waals surface area contributed by atoms with E-state index in [1.807, 2.05) is 44.2 Å². The molecular formula is C28H26ClFN6O2. The van der Waals surface area contributed by atoms with Crippen molar-refractivity contribution in [3.63, 3.8) is 0 Å². The molecule has 5 N–H and O–H groups in total. The number of furan rings is 1. The Balaban J connectivity index is 1.34. The quantitative estimate of drug-likeness (QED) is 0.186. The first kappa shape index (κ1) is 25.4. The molecule has 5 aromatic rings. The van der Waals surface area contributed by atoms with E-state index in [0.29, 0.717) is 27.8 Å². The lowest BCUT2D eigenvalue weighted by Gasteiger charge is -2.19. The zero-order valence-corrected chi connectivity index (χ0v) is 21.5. The van der Waals surface area contributed by atoms with Crippen LogP contribution in [0.2, 0.25) is 5.02 Å². The molecule has 2 aromatic carbocycles. The zero-order chi connectivity index (χ0) is 26.8. The fourth-order valence-electron chi connectivity index (χ4n) is 4.15. The lowest BCUT2D eigenvalue weighted by atomic mass is 9.97. The van der Waals surface area contributed by atoms with Crippen LogP contribution < -0.4 is 16.4 Å². The third-order valence-corrected chi connectivity index (χ3v) is 6.48. The molecule has 0 aliphatic carbocycles. The summed E-state index contributed by atoms with van der Waals surface area (Å²) in [5, 5.41) is 7.32. The highest BCUT2D eigenvalue weighted by atomic mass is 35.5. The number of carbonyl (C=O) groups is 1. The molecule has 0 aliphatic rings. The van der Waals surface area contributed by atoms with Gasteiger partial charge in [0.2, 0.25) is 5.95 Å². The highest BCUT2D eigenvalue weighted by molar-refractivity contribution is 6.33. The van der Waals surface area contributed by atoms with Crippen LogP contribution in [0.3, 0.4) is 0 Å². The van der Waals surface area contributed by atoms with Crippen LogP contribution in [0.25, 0.3) is 22.2 Å². The molecule has 3 aromatic heterocycles. The van der Waals surface area contributed by atoms with Crippen LogP contribution in [0.15, 0.2) is 71.6 Å². The first-order valence-electron chi connectivity index (χ1n) is 12.1. The minimum absolute atomic E-state index is 0.109. The number of hydrogen-bond donors (Lipinski definition) is 4. The van der Waals surface area contributed by atoms with Crippen molar-refractivity contribution in [2.24, 2.45) is 5.73 Å².